The Bertz CT molecular complexity index is 550. The lowest BCUT2D eigenvalue weighted by molar-refractivity contribution is -0.165. The number of hydrogen-bond donors (Lipinski definition) is 0. The highest BCUT2D eigenvalue weighted by atomic mass is 16.6. The Morgan fingerprint density at radius 2 is 2.06 bits per heavy atom. The van der Waals surface area contributed by atoms with Crippen LogP contribution in [-0.2, 0) is 31.1 Å². The summed E-state index contributed by atoms with van der Waals surface area (Å²) in [5.74, 6) is -0.704. The Morgan fingerprint density at radius 3 is 2.78 bits per heavy atom. The molecule has 0 aromatic heterocycles. The summed E-state index contributed by atoms with van der Waals surface area (Å²) >= 11 is 0. The molecule has 0 saturated carbocycles. The average Bonchev–Trinajstić information content (AvgIpc) is 2.74. The topological polar surface area (TPSA) is 52.6 Å². The number of methoxy groups -OCH3 is 1. The van der Waals surface area contributed by atoms with Gasteiger partial charge in [0.2, 0.25) is 0 Å². The van der Waals surface area contributed by atoms with Crippen molar-refractivity contribution < 1.29 is 19.1 Å². The molecule has 18 heavy (non-hydrogen) atoms. The van der Waals surface area contributed by atoms with Crippen molar-refractivity contribution in [2.45, 2.75) is 25.4 Å². The van der Waals surface area contributed by atoms with Gasteiger partial charge >= 0.3 is 11.9 Å². The fraction of sp³-hybridized carbons (Fsp3) is 0.429. The highest BCUT2D eigenvalue weighted by molar-refractivity contribution is 5.90. The number of ether oxygens (including phenoxy) is 2. The Labute approximate surface area is 105 Å². The zero-order valence-corrected chi connectivity index (χ0v) is 10.4. The maximum Gasteiger partial charge on any atom is 0.317 e. The van der Waals surface area contributed by atoms with Crippen molar-refractivity contribution in [1.29, 1.82) is 0 Å². The highest BCUT2D eigenvalue weighted by Crippen LogP contribution is 2.59. The van der Waals surface area contributed by atoms with E-state index in [4.69, 9.17) is 9.47 Å². The highest BCUT2D eigenvalue weighted by Gasteiger charge is 2.67. The largest absolute Gasteiger partial charge is 0.468 e. The standard InChI is InChI=1S/C14H14O4/c1-13-10-6-4-3-5-9(10)7-14(13,12(16)17-2)8-11(15)18-13/h3-6H,7-8H2,1-2H3. The molecule has 2 unspecified atom stereocenters. The molecular weight excluding hydrogens is 232 g/mol. The molecule has 1 saturated heterocycles. The molecule has 1 aromatic rings. The molecule has 3 rings (SSSR count). The maximum atomic E-state index is 12.2. The summed E-state index contributed by atoms with van der Waals surface area (Å²) in [7, 11) is 1.35. The molecule has 1 aliphatic carbocycles. The van der Waals surface area contributed by atoms with Gasteiger partial charge in [0.05, 0.1) is 13.5 Å². The van der Waals surface area contributed by atoms with E-state index >= 15 is 0 Å². The molecule has 0 spiro atoms. The van der Waals surface area contributed by atoms with E-state index in [-0.39, 0.29) is 18.4 Å². The lowest BCUT2D eigenvalue weighted by atomic mass is 9.73. The third kappa shape index (κ3) is 1.10. The van der Waals surface area contributed by atoms with E-state index in [2.05, 4.69) is 0 Å². The second kappa shape index (κ2) is 3.34. The Kier molecular flexibility index (Phi) is 2.09. The predicted octanol–water partition coefficient (Wildman–Crippen LogP) is 1.56. The van der Waals surface area contributed by atoms with Gasteiger partial charge in [0.1, 0.15) is 5.41 Å². The first-order valence-corrected chi connectivity index (χ1v) is 5.92. The van der Waals surface area contributed by atoms with E-state index < -0.39 is 11.0 Å². The molecule has 2 aliphatic rings. The van der Waals surface area contributed by atoms with Crippen LogP contribution in [0.1, 0.15) is 24.5 Å². The third-order valence-electron chi connectivity index (χ3n) is 4.28. The molecule has 4 nitrogen and oxygen atoms in total. The van der Waals surface area contributed by atoms with Crippen LogP contribution in [0.3, 0.4) is 0 Å². The van der Waals surface area contributed by atoms with Crippen LogP contribution in [-0.4, -0.2) is 19.0 Å². The van der Waals surface area contributed by atoms with Crippen molar-refractivity contribution in [3.8, 4) is 0 Å². The van der Waals surface area contributed by atoms with Crippen LogP contribution < -0.4 is 0 Å². The molecule has 1 aliphatic heterocycles. The summed E-state index contributed by atoms with van der Waals surface area (Å²) in [6, 6.07) is 7.70. The summed E-state index contributed by atoms with van der Waals surface area (Å²) in [5, 5.41) is 0. The van der Waals surface area contributed by atoms with Gasteiger partial charge in [0.15, 0.2) is 5.60 Å². The number of rotatable bonds is 1. The van der Waals surface area contributed by atoms with Crippen molar-refractivity contribution >= 4 is 11.9 Å². The van der Waals surface area contributed by atoms with Crippen LogP contribution in [0.2, 0.25) is 0 Å². The molecule has 1 fully saturated rings. The molecule has 1 heterocycles. The zero-order chi connectivity index (χ0) is 13.0. The summed E-state index contributed by atoms with van der Waals surface area (Å²) < 4.78 is 10.4. The van der Waals surface area contributed by atoms with Gasteiger partial charge in [-0.2, -0.15) is 0 Å². The molecule has 0 amide bonds. The Balaban J connectivity index is 2.21. The van der Waals surface area contributed by atoms with Gasteiger partial charge in [-0.05, 0) is 24.5 Å². The van der Waals surface area contributed by atoms with E-state index in [1.54, 1.807) is 6.92 Å². The first kappa shape index (κ1) is 11.3. The first-order valence-electron chi connectivity index (χ1n) is 5.92. The minimum Gasteiger partial charge on any atom is -0.468 e. The minimum atomic E-state index is -0.900. The van der Waals surface area contributed by atoms with Gasteiger partial charge in [0, 0.05) is 0 Å². The van der Waals surface area contributed by atoms with Crippen LogP contribution in [0.25, 0.3) is 0 Å². The SMILES string of the molecule is COC(=O)C12CC(=O)OC1(C)c1ccccc1C2. The summed E-state index contributed by atoms with van der Waals surface area (Å²) in [6.07, 6.45) is 0.586. The average molecular weight is 246 g/mol. The normalized spacial score (nSPS) is 32.7. The smallest absolute Gasteiger partial charge is 0.317 e. The number of benzene rings is 1. The lowest BCUT2D eigenvalue weighted by Gasteiger charge is -2.32. The number of carbonyl (C=O) groups excluding carboxylic acids is 2. The van der Waals surface area contributed by atoms with Crippen LogP contribution in [0.15, 0.2) is 24.3 Å². The van der Waals surface area contributed by atoms with E-state index in [1.165, 1.54) is 7.11 Å². The van der Waals surface area contributed by atoms with Crippen molar-refractivity contribution in [3.63, 3.8) is 0 Å². The van der Waals surface area contributed by atoms with Crippen molar-refractivity contribution in [3.05, 3.63) is 35.4 Å². The van der Waals surface area contributed by atoms with Gasteiger partial charge in [-0.25, -0.2) is 0 Å². The summed E-state index contributed by atoms with van der Waals surface area (Å²) in [6.45, 7) is 1.81. The van der Waals surface area contributed by atoms with Crippen molar-refractivity contribution in [2.75, 3.05) is 7.11 Å². The molecule has 1 aromatic carbocycles. The van der Waals surface area contributed by atoms with E-state index in [0.717, 1.165) is 11.1 Å². The van der Waals surface area contributed by atoms with E-state index in [0.29, 0.717) is 6.42 Å². The van der Waals surface area contributed by atoms with Crippen LogP contribution >= 0.6 is 0 Å². The fourth-order valence-corrected chi connectivity index (χ4v) is 3.32. The number of esters is 2. The number of hydrogen-bond acceptors (Lipinski definition) is 4. The fourth-order valence-electron chi connectivity index (χ4n) is 3.32. The Morgan fingerprint density at radius 1 is 1.33 bits per heavy atom. The van der Waals surface area contributed by atoms with Crippen LogP contribution in [0, 0.1) is 5.41 Å². The third-order valence-corrected chi connectivity index (χ3v) is 4.28. The first-order chi connectivity index (χ1) is 8.53. The molecule has 2 atom stereocenters. The van der Waals surface area contributed by atoms with Gasteiger partial charge in [-0.3, -0.25) is 9.59 Å². The van der Waals surface area contributed by atoms with Crippen molar-refractivity contribution in [2.24, 2.45) is 5.41 Å². The maximum absolute atomic E-state index is 12.2. The lowest BCUT2D eigenvalue weighted by Crippen LogP contribution is -2.43. The molecule has 4 heteroatoms. The second-order valence-electron chi connectivity index (χ2n) is 5.09. The molecule has 94 valence electrons. The molecule has 0 radical (unpaired) electrons. The van der Waals surface area contributed by atoms with Gasteiger partial charge in [-0.1, -0.05) is 24.3 Å². The molecule has 0 bridgehead atoms. The van der Waals surface area contributed by atoms with Crippen LogP contribution in [0.5, 0.6) is 0 Å². The van der Waals surface area contributed by atoms with Gasteiger partial charge < -0.3 is 9.47 Å². The molecule has 0 N–H and O–H groups in total. The molecular formula is C14H14O4. The minimum absolute atomic E-state index is 0.0881. The van der Waals surface area contributed by atoms with E-state index in [9.17, 15) is 9.59 Å². The number of fused-ring (bicyclic) bond motifs is 3. The summed E-state index contributed by atoms with van der Waals surface area (Å²) in [5.41, 5.74) is 0.176. The zero-order valence-electron chi connectivity index (χ0n) is 10.4. The van der Waals surface area contributed by atoms with E-state index in [1.807, 2.05) is 24.3 Å². The van der Waals surface area contributed by atoms with Crippen LogP contribution in [0.4, 0.5) is 0 Å². The monoisotopic (exact) mass is 246 g/mol. The number of carbonyl (C=O) groups is 2. The Hall–Kier alpha value is -1.84. The van der Waals surface area contributed by atoms with Gasteiger partial charge in [0.25, 0.3) is 0 Å². The van der Waals surface area contributed by atoms with Gasteiger partial charge in [-0.15, -0.1) is 0 Å². The predicted molar refractivity (Wildman–Crippen MR) is 62.7 cm³/mol. The summed E-state index contributed by atoms with van der Waals surface area (Å²) in [4.78, 5) is 23.8. The van der Waals surface area contributed by atoms with Crippen molar-refractivity contribution in [1.82, 2.24) is 0 Å². The second-order valence-corrected chi connectivity index (χ2v) is 5.09. The quantitative estimate of drug-likeness (QED) is 0.706.